The average Bonchev–Trinajstić information content (AvgIpc) is 1.86. The van der Waals surface area contributed by atoms with Gasteiger partial charge in [0.1, 0.15) is 11.8 Å². The molecule has 1 aliphatic rings. The predicted octanol–water partition coefficient (Wildman–Crippen LogP) is 1.37. The minimum atomic E-state index is 0.912. The van der Waals surface area contributed by atoms with E-state index in [4.69, 9.17) is 0 Å². The molecule has 0 saturated heterocycles. The molecule has 0 unspecified atom stereocenters. The minimum Gasteiger partial charge on any atom is -0.110 e. The highest BCUT2D eigenvalue weighted by atomic mass is 32.2. The summed E-state index contributed by atoms with van der Waals surface area (Å²) in [7, 11) is 0. The topological polar surface area (TPSA) is 12.4 Å². The Bertz CT molecular complexity index is 105. The van der Waals surface area contributed by atoms with Crippen LogP contribution in [0.2, 0.25) is 0 Å². The van der Waals surface area contributed by atoms with Crippen LogP contribution < -0.4 is 0 Å². The molecule has 0 aromatic rings. The van der Waals surface area contributed by atoms with Crippen LogP contribution in [0, 0.1) is 0 Å². The van der Waals surface area contributed by atoms with E-state index in [1.807, 2.05) is 0 Å². The Morgan fingerprint density at radius 3 is 3.00 bits per heavy atom. The van der Waals surface area contributed by atoms with E-state index >= 15 is 0 Å². The van der Waals surface area contributed by atoms with E-state index in [0.29, 0.717) is 0 Å². The number of thioether (sulfide) groups is 1. The van der Waals surface area contributed by atoms with Gasteiger partial charge < -0.3 is 0 Å². The fourth-order valence-electron chi connectivity index (χ4n) is 0.181. The first-order valence-electron chi connectivity index (χ1n) is 1.40. The molecule has 0 aliphatic carbocycles. The normalized spacial score (nSPS) is 17.2. The van der Waals surface area contributed by atoms with Crippen LogP contribution in [0.4, 0.5) is 0 Å². The van der Waals surface area contributed by atoms with Gasteiger partial charge in [0.25, 0.3) is 5.55 Å². The Morgan fingerprint density at radius 1 is 2.00 bits per heavy atom. The van der Waals surface area contributed by atoms with E-state index in [1.54, 1.807) is 6.20 Å². The van der Waals surface area contributed by atoms with Gasteiger partial charge in [0, 0.05) is 0 Å². The summed E-state index contributed by atoms with van der Waals surface area (Å²) in [5.41, 5.74) is 2.64. The van der Waals surface area contributed by atoms with Crippen LogP contribution in [-0.4, -0.2) is 5.55 Å². The molecule has 0 radical (unpaired) electrons. The molecular formula is C3H2NS2+. The summed E-state index contributed by atoms with van der Waals surface area (Å²) in [6, 6.07) is 0. The maximum atomic E-state index is 3.96. The second-order valence-electron chi connectivity index (χ2n) is 0.790. The Morgan fingerprint density at radius 2 is 2.83 bits per heavy atom. The van der Waals surface area contributed by atoms with Gasteiger partial charge in [0.2, 0.25) is 0 Å². The summed E-state index contributed by atoms with van der Waals surface area (Å²) < 4.78 is 0.912. The molecule has 0 spiro atoms. The highest BCUT2D eigenvalue weighted by Crippen LogP contribution is 2.20. The molecule has 0 bridgehead atoms. The Labute approximate surface area is 45.9 Å². The van der Waals surface area contributed by atoms with Crippen molar-refractivity contribution in [2.75, 3.05) is 0 Å². The molecule has 0 N–H and O–H groups in total. The first-order valence-corrected chi connectivity index (χ1v) is 2.67. The minimum absolute atomic E-state index is 0.912. The van der Waals surface area contributed by atoms with Crippen LogP contribution in [0.3, 0.4) is 0 Å². The first kappa shape index (κ1) is 4.19. The molecule has 0 aromatic heterocycles. The molecule has 30 valence electrons. The summed E-state index contributed by atoms with van der Waals surface area (Å²) in [6.45, 7) is 0. The van der Waals surface area contributed by atoms with E-state index < -0.39 is 0 Å². The second kappa shape index (κ2) is 1.65. The lowest BCUT2D eigenvalue weighted by Crippen LogP contribution is -1.45. The zero-order valence-electron chi connectivity index (χ0n) is 2.88. The van der Waals surface area contributed by atoms with Crippen molar-refractivity contribution in [1.82, 2.24) is 0 Å². The van der Waals surface area contributed by atoms with E-state index in [0.717, 1.165) is 4.24 Å². The summed E-state index contributed by atoms with van der Waals surface area (Å²) >= 11 is 5.37. The maximum absolute atomic E-state index is 3.96. The van der Waals surface area contributed by atoms with Gasteiger partial charge in [-0.2, -0.15) is 0 Å². The molecule has 1 rings (SSSR count). The number of thiol groups is 1. The lowest BCUT2D eigenvalue weighted by molar-refractivity contribution is 1.64. The van der Waals surface area contributed by atoms with Gasteiger partial charge in [-0.3, -0.25) is 0 Å². The van der Waals surface area contributed by atoms with Crippen molar-refractivity contribution in [2.45, 2.75) is 0 Å². The number of rotatable bonds is 0. The Balaban J connectivity index is 2.61. The van der Waals surface area contributed by atoms with Crippen molar-refractivity contribution >= 4 is 29.9 Å². The lowest BCUT2D eigenvalue weighted by atomic mass is 11.0. The van der Waals surface area contributed by atoms with Crippen LogP contribution in [0.15, 0.2) is 15.4 Å². The average molecular weight is 116 g/mol. The fraction of sp³-hybridized carbons (Fsp3) is 0. The Kier molecular flexibility index (Phi) is 1.15. The zero-order valence-corrected chi connectivity index (χ0v) is 4.59. The van der Waals surface area contributed by atoms with Crippen molar-refractivity contribution in [1.29, 1.82) is 0 Å². The third-order valence-corrected chi connectivity index (χ3v) is 1.28. The van der Waals surface area contributed by atoms with Gasteiger partial charge >= 0.3 is 0 Å². The predicted molar refractivity (Wildman–Crippen MR) is 32.1 cm³/mol. The maximum Gasteiger partial charge on any atom is 0.272 e. The number of aliphatic imine (C=N–C) groups is 1. The molecule has 1 nitrogen and oxygen atoms in total. The van der Waals surface area contributed by atoms with Crippen molar-refractivity contribution in [3.63, 3.8) is 0 Å². The van der Waals surface area contributed by atoms with E-state index in [9.17, 15) is 0 Å². The molecule has 1 heterocycles. The second-order valence-corrected chi connectivity index (χ2v) is 2.40. The van der Waals surface area contributed by atoms with Crippen LogP contribution in [0.1, 0.15) is 0 Å². The van der Waals surface area contributed by atoms with Crippen molar-refractivity contribution in [2.24, 2.45) is 4.99 Å². The largest absolute Gasteiger partial charge is 0.272 e. The fourth-order valence-corrected chi connectivity index (χ4v) is 0.666. The van der Waals surface area contributed by atoms with E-state index in [-0.39, 0.29) is 0 Å². The smallest absolute Gasteiger partial charge is 0.110 e. The third kappa shape index (κ3) is 0.744. The highest BCUT2D eigenvalue weighted by Gasteiger charge is 2.05. The van der Waals surface area contributed by atoms with Gasteiger partial charge in [-0.25, -0.2) is 0 Å². The van der Waals surface area contributed by atoms with Crippen LogP contribution >= 0.6 is 24.4 Å². The van der Waals surface area contributed by atoms with E-state index in [1.165, 1.54) is 11.8 Å². The molecule has 1 aliphatic heterocycles. The summed E-state index contributed by atoms with van der Waals surface area (Å²) in [6.07, 6.45) is 1.66. The molecule has 0 saturated carbocycles. The van der Waals surface area contributed by atoms with Gasteiger partial charge in [-0.15, -0.1) is 12.6 Å². The van der Waals surface area contributed by atoms with Crippen molar-refractivity contribution < 1.29 is 0 Å². The van der Waals surface area contributed by atoms with Gasteiger partial charge in [-0.1, -0.05) is 0 Å². The number of hydrogen-bond donors (Lipinski definition) is 1. The molecule has 3 heteroatoms. The zero-order chi connectivity index (χ0) is 4.41. The molecular weight excluding hydrogens is 114 g/mol. The lowest BCUT2D eigenvalue weighted by Gasteiger charge is -1.61. The molecule has 0 fully saturated rings. The highest BCUT2D eigenvalue weighted by molar-refractivity contribution is 8.24. The van der Waals surface area contributed by atoms with Crippen LogP contribution in [0.5, 0.6) is 0 Å². The van der Waals surface area contributed by atoms with Crippen molar-refractivity contribution in [3.8, 4) is 0 Å². The molecule has 0 aromatic carbocycles. The summed E-state index contributed by atoms with van der Waals surface area (Å²) in [4.78, 5) is 3.64. The van der Waals surface area contributed by atoms with Gasteiger partial charge in [-0.05, 0) is 4.99 Å². The molecule has 6 heavy (non-hydrogen) atoms. The van der Waals surface area contributed by atoms with Crippen LogP contribution in [-0.2, 0) is 0 Å². The van der Waals surface area contributed by atoms with Gasteiger partial charge in [0.05, 0.1) is 0 Å². The summed E-state index contributed by atoms with van der Waals surface area (Å²) in [5.74, 6) is 0. The number of hydrogen-bond acceptors (Lipinski definition) is 3. The molecule has 0 amide bonds. The SMILES string of the molecule is SC1=CN=[C+]S1. The standard InChI is InChI=1S/C3HNS2/c5-3-1-4-2-6-3/h1H/p+1. The van der Waals surface area contributed by atoms with Gasteiger partial charge in [0.15, 0.2) is 10.4 Å². The molecule has 0 atom stereocenters. The number of nitrogens with zero attached hydrogens (tertiary/aromatic N) is 1. The van der Waals surface area contributed by atoms with Crippen LogP contribution in [0.25, 0.3) is 0 Å². The summed E-state index contributed by atoms with van der Waals surface area (Å²) in [5, 5.41) is 0. The quantitative estimate of drug-likeness (QED) is 0.372. The first-order chi connectivity index (χ1) is 2.89. The Hall–Kier alpha value is 0.0200. The third-order valence-electron chi connectivity index (χ3n) is 0.378. The monoisotopic (exact) mass is 116 g/mol. The van der Waals surface area contributed by atoms with Crippen molar-refractivity contribution in [3.05, 3.63) is 10.4 Å². The van der Waals surface area contributed by atoms with E-state index in [2.05, 4.69) is 23.2 Å².